The van der Waals surface area contributed by atoms with Gasteiger partial charge in [-0.3, -0.25) is 4.79 Å². The van der Waals surface area contributed by atoms with Gasteiger partial charge >= 0.3 is 6.03 Å². The van der Waals surface area contributed by atoms with Gasteiger partial charge in [0.2, 0.25) is 5.91 Å². The third-order valence-corrected chi connectivity index (χ3v) is 4.18. The van der Waals surface area contributed by atoms with Crippen molar-refractivity contribution in [3.8, 4) is 0 Å². The van der Waals surface area contributed by atoms with Gasteiger partial charge in [0.15, 0.2) is 0 Å². The molecule has 1 saturated carbocycles. The van der Waals surface area contributed by atoms with Crippen molar-refractivity contribution >= 4 is 30.0 Å². The van der Waals surface area contributed by atoms with E-state index in [1.54, 1.807) is 0 Å². The number of amides is 3. The lowest BCUT2D eigenvalue weighted by Crippen LogP contribution is -2.37. The molecular formula is C18H29ClN4O2. The van der Waals surface area contributed by atoms with Gasteiger partial charge in [-0.05, 0) is 50.8 Å². The minimum atomic E-state index is -0.223. The number of urea groups is 1. The number of halogens is 1. The molecule has 0 heterocycles. The lowest BCUT2D eigenvalue weighted by Gasteiger charge is -2.25. The van der Waals surface area contributed by atoms with Crippen LogP contribution < -0.4 is 21.7 Å². The number of anilines is 1. The third-order valence-electron chi connectivity index (χ3n) is 4.18. The van der Waals surface area contributed by atoms with Crippen LogP contribution >= 0.6 is 12.4 Å². The average molecular weight is 369 g/mol. The monoisotopic (exact) mass is 368 g/mol. The average Bonchev–Trinajstić information content (AvgIpc) is 2.53. The van der Waals surface area contributed by atoms with Crippen LogP contribution in [0.2, 0.25) is 0 Å². The van der Waals surface area contributed by atoms with Gasteiger partial charge in [-0.1, -0.05) is 18.6 Å². The zero-order valence-electron chi connectivity index (χ0n) is 14.9. The number of carbonyl (C=O) groups excluding carboxylic acids is 2. The molecule has 7 heteroatoms. The van der Waals surface area contributed by atoms with Gasteiger partial charge in [-0.15, -0.1) is 12.4 Å². The molecule has 1 aromatic rings. The first-order valence-corrected chi connectivity index (χ1v) is 8.64. The third kappa shape index (κ3) is 7.32. The molecule has 1 fully saturated rings. The Morgan fingerprint density at radius 3 is 2.48 bits per heavy atom. The Kier molecular flexibility index (Phi) is 8.72. The van der Waals surface area contributed by atoms with Gasteiger partial charge in [-0.2, -0.15) is 0 Å². The molecule has 0 spiro atoms. The molecule has 0 radical (unpaired) electrons. The van der Waals surface area contributed by atoms with E-state index in [-0.39, 0.29) is 42.3 Å². The van der Waals surface area contributed by atoms with E-state index in [4.69, 9.17) is 5.73 Å². The summed E-state index contributed by atoms with van der Waals surface area (Å²) in [5.74, 6) is 0.123. The summed E-state index contributed by atoms with van der Waals surface area (Å²) in [6.07, 6.45) is 3.74. The van der Waals surface area contributed by atoms with Gasteiger partial charge in [0.1, 0.15) is 0 Å². The van der Waals surface area contributed by atoms with Crippen molar-refractivity contribution in [3.63, 3.8) is 0 Å². The fourth-order valence-corrected chi connectivity index (χ4v) is 2.93. The van der Waals surface area contributed by atoms with E-state index in [0.717, 1.165) is 36.9 Å². The fourth-order valence-electron chi connectivity index (χ4n) is 2.93. The number of hydrogen-bond acceptors (Lipinski definition) is 3. The minimum absolute atomic E-state index is 0. The van der Waals surface area contributed by atoms with E-state index in [9.17, 15) is 9.59 Å². The summed E-state index contributed by atoms with van der Waals surface area (Å²) in [5, 5.41) is 8.52. The van der Waals surface area contributed by atoms with Gasteiger partial charge in [0.25, 0.3) is 0 Å². The van der Waals surface area contributed by atoms with E-state index in [1.165, 1.54) is 0 Å². The summed E-state index contributed by atoms with van der Waals surface area (Å²) in [6, 6.07) is 7.48. The number of benzene rings is 1. The molecule has 0 aliphatic heterocycles. The van der Waals surface area contributed by atoms with Crippen LogP contribution in [0.5, 0.6) is 0 Å². The van der Waals surface area contributed by atoms with Crippen molar-refractivity contribution in [1.82, 2.24) is 10.6 Å². The zero-order chi connectivity index (χ0) is 17.5. The lowest BCUT2D eigenvalue weighted by atomic mass is 9.85. The van der Waals surface area contributed by atoms with E-state index in [0.29, 0.717) is 6.54 Å². The second-order valence-electron chi connectivity index (χ2n) is 6.79. The maximum atomic E-state index is 12.2. The summed E-state index contributed by atoms with van der Waals surface area (Å²) in [5.41, 5.74) is 7.66. The first-order valence-electron chi connectivity index (χ1n) is 8.64. The second-order valence-corrected chi connectivity index (χ2v) is 6.79. The van der Waals surface area contributed by atoms with Crippen LogP contribution in [0, 0.1) is 5.92 Å². The maximum absolute atomic E-state index is 12.2. The fraction of sp³-hybridized carbons (Fsp3) is 0.556. The van der Waals surface area contributed by atoms with Crippen molar-refractivity contribution in [3.05, 3.63) is 29.8 Å². The molecule has 140 valence electrons. The number of rotatable bonds is 5. The van der Waals surface area contributed by atoms with E-state index in [2.05, 4.69) is 16.0 Å². The molecule has 1 aliphatic carbocycles. The predicted octanol–water partition coefficient (Wildman–Crippen LogP) is 2.77. The molecule has 0 saturated heterocycles. The molecule has 3 amide bonds. The number of carbonyl (C=O) groups is 2. The molecule has 1 aromatic carbocycles. The molecule has 6 nitrogen and oxygen atoms in total. The largest absolute Gasteiger partial charge is 0.352 e. The Morgan fingerprint density at radius 2 is 1.88 bits per heavy atom. The highest BCUT2D eigenvalue weighted by Gasteiger charge is 2.24. The van der Waals surface area contributed by atoms with Crippen molar-refractivity contribution in [2.75, 3.05) is 5.32 Å². The SMILES string of the molecule is CC(C)NC(=O)Nc1ccc(CNC(=O)C2CCCC(N)C2)cc1.Cl. The first-order chi connectivity index (χ1) is 11.4. The van der Waals surface area contributed by atoms with Gasteiger partial charge in [-0.25, -0.2) is 4.79 Å². The number of nitrogens with one attached hydrogen (secondary N) is 3. The molecule has 0 bridgehead atoms. The molecule has 5 N–H and O–H groups in total. The summed E-state index contributed by atoms with van der Waals surface area (Å²) < 4.78 is 0. The number of hydrogen-bond donors (Lipinski definition) is 4. The van der Waals surface area contributed by atoms with Crippen molar-refractivity contribution in [2.45, 2.75) is 58.2 Å². The summed E-state index contributed by atoms with van der Waals surface area (Å²) in [7, 11) is 0. The molecule has 2 rings (SSSR count). The maximum Gasteiger partial charge on any atom is 0.319 e. The highest BCUT2D eigenvalue weighted by Crippen LogP contribution is 2.23. The number of nitrogens with two attached hydrogens (primary N) is 1. The molecule has 1 aliphatic rings. The minimum Gasteiger partial charge on any atom is -0.352 e. The van der Waals surface area contributed by atoms with Gasteiger partial charge in [0.05, 0.1) is 0 Å². The highest BCUT2D eigenvalue weighted by atomic mass is 35.5. The van der Waals surface area contributed by atoms with Crippen LogP contribution in [0.4, 0.5) is 10.5 Å². The van der Waals surface area contributed by atoms with Crippen LogP contribution in [0.25, 0.3) is 0 Å². The molecule has 25 heavy (non-hydrogen) atoms. The second kappa shape index (κ2) is 10.3. The van der Waals surface area contributed by atoms with Gasteiger partial charge in [0, 0.05) is 30.2 Å². The quantitative estimate of drug-likeness (QED) is 0.643. The van der Waals surface area contributed by atoms with Crippen LogP contribution in [-0.2, 0) is 11.3 Å². The standard InChI is InChI=1S/C18H28N4O2.ClH/c1-12(2)21-18(24)22-16-8-6-13(7-9-16)11-20-17(23)14-4-3-5-15(19)10-14;/h6-9,12,14-15H,3-5,10-11,19H2,1-2H3,(H,20,23)(H2,21,22,24);1H. The Bertz CT molecular complexity index is 563. The van der Waals surface area contributed by atoms with Crippen molar-refractivity contribution < 1.29 is 9.59 Å². The Labute approximate surface area is 155 Å². The Hall–Kier alpha value is -1.79. The topological polar surface area (TPSA) is 96.2 Å². The normalized spacial score (nSPS) is 19.7. The van der Waals surface area contributed by atoms with Crippen molar-refractivity contribution in [1.29, 1.82) is 0 Å². The smallest absolute Gasteiger partial charge is 0.319 e. The van der Waals surface area contributed by atoms with Crippen LogP contribution in [0.15, 0.2) is 24.3 Å². The van der Waals surface area contributed by atoms with Crippen LogP contribution in [0.3, 0.4) is 0 Å². The molecule has 0 aromatic heterocycles. The van der Waals surface area contributed by atoms with Gasteiger partial charge < -0.3 is 21.7 Å². The summed E-state index contributed by atoms with van der Waals surface area (Å²) >= 11 is 0. The lowest BCUT2D eigenvalue weighted by molar-refractivity contribution is -0.126. The first kappa shape index (κ1) is 21.3. The summed E-state index contributed by atoms with van der Waals surface area (Å²) in [4.78, 5) is 23.8. The zero-order valence-corrected chi connectivity index (χ0v) is 15.7. The Balaban J connectivity index is 0.00000312. The predicted molar refractivity (Wildman–Crippen MR) is 103 cm³/mol. The molecule has 2 atom stereocenters. The van der Waals surface area contributed by atoms with E-state index in [1.807, 2.05) is 38.1 Å². The highest BCUT2D eigenvalue weighted by molar-refractivity contribution is 5.89. The van der Waals surface area contributed by atoms with Crippen LogP contribution in [-0.4, -0.2) is 24.0 Å². The molecule has 2 unspecified atom stereocenters. The van der Waals surface area contributed by atoms with Crippen molar-refractivity contribution in [2.24, 2.45) is 11.7 Å². The molecular weight excluding hydrogens is 340 g/mol. The van der Waals surface area contributed by atoms with E-state index < -0.39 is 0 Å². The van der Waals surface area contributed by atoms with Crippen LogP contribution in [0.1, 0.15) is 45.1 Å². The summed E-state index contributed by atoms with van der Waals surface area (Å²) in [6.45, 7) is 4.30. The Morgan fingerprint density at radius 1 is 1.20 bits per heavy atom. The van der Waals surface area contributed by atoms with E-state index >= 15 is 0 Å².